The number of rotatable bonds is 4. The van der Waals surface area contributed by atoms with E-state index in [1.807, 2.05) is 42.5 Å². The highest BCUT2D eigenvalue weighted by atomic mass is 28.3. The fourth-order valence-electron chi connectivity index (χ4n) is 8.32. The molecule has 0 unspecified atom stereocenters. The lowest BCUT2D eigenvalue weighted by Crippen LogP contribution is -2.49. The second kappa shape index (κ2) is 11.2. The van der Waals surface area contributed by atoms with E-state index in [9.17, 15) is 0 Å². The summed E-state index contributed by atoms with van der Waals surface area (Å²) in [5, 5.41) is 6.92. The molecule has 6 heteroatoms. The van der Waals surface area contributed by atoms with E-state index in [-0.39, 0.29) is 0 Å². The van der Waals surface area contributed by atoms with Crippen LogP contribution >= 0.6 is 0 Å². The number of furan rings is 2. The highest BCUT2D eigenvalue weighted by Crippen LogP contribution is 2.44. The molecule has 0 fully saturated rings. The van der Waals surface area contributed by atoms with Crippen molar-refractivity contribution >= 4 is 62.3 Å². The van der Waals surface area contributed by atoms with Gasteiger partial charge in [-0.3, -0.25) is 0 Å². The quantitative estimate of drug-likeness (QED) is 0.171. The minimum atomic E-state index is -2.10. The van der Waals surface area contributed by atoms with Crippen molar-refractivity contribution in [3.63, 3.8) is 0 Å². The summed E-state index contributed by atoms with van der Waals surface area (Å²) in [5.74, 6) is 1.83. The summed E-state index contributed by atoms with van der Waals surface area (Å²) in [4.78, 5) is 15.9. The van der Waals surface area contributed by atoms with Crippen LogP contribution in [0.2, 0.25) is 13.1 Å². The third-order valence-electron chi connectivity index (χ3n) is 10.9. The van der Waals surface area contributed by atoms with E-state index in [0.29, 0.717) is 17.5 Å². The van der Waals surface area contributed by atoms with Gasteiger partial charge in [-0.15, -0.1) is 0 Å². The Morgan fingerprint density at radius 3 is 1.87 bits per heavy atom. The number of hydrogen-bond donors (Lipinski definition) is 0. The van der Waals surface area contributed by atoms with Crippen LogP contribution in [0.25, 0.3) is 100 Å². The molecule has 250 valence electrons. The molecular formula is C47H31N3O2Si. The summed E-state index contributed by atoms with van der Waals surface area (Å²) in [6.07, 6.45) is 0. The van der Waals surface area contributed by atoms with Gasteiger partial charge in [0, 0.05) is 43.8 Å². The Morgan fingerprint density at radius 2 is 1.04 bits per heavy atom. The minimum absolute atomic E-state index is 0.600. The van der Waals surface area contributed by atoms with Crippen molar-refractivity contribution in [2.24, 2.45) is 0 Å². The lowest BCUT2D eigenvalue weighted by atomic mass is 9.98. The van der Waals surface area contributed by atoms with Crippen molar-refractivity contribution < 1.29 is 8.83 Å². The van der Waals surface area contributed by atoms with Gasteiger partial charge in [0.15, 0.2) is 17.5 Å². The highest BCUT2D eigenvalue weighted by molar-refractivity contribution is 7.04. The first-order chi connectivity index (χ1) is 26.0. The third-order valence-corrected chi connectivity index (χ3v) is 14.5. The largest absolute Gasteiger partial charge is 0.456 e. The summed E-state index contributed by atoms with van der Waals surface area (Å²) in [6, 6.07) is 52.7. The minimum Gasteiger partial charge on any atom is -0.456 e. The Balaban J connectivity index is 1.21. The summed E-state index contributed by atoms with van der Waals surface area (Å²) in [6.45, 7) is 4.86. The zero-order valence-corrected chi connectivity index (χ0v) is 30.1. The molecule has 0 bridgehead atoms. The van der Waals surface area contributed by atoms with Gasteiger partial charge in [-0.2, -0.15) is 0 Å². The Morgan fingerprint density at radius 1 is 0.415 bits per heavy atom. The second-order valence-corrected chi connectivity index (χ2v) is 18.7. The molecule has 4 heterocycles. The molecule has 11 rings (SSSR count). The molecule has 0 saturated carbocycles. The van der Waals surface area contributed by atoms with E-state index >= 15 is 0 Å². The zero-order chi connectivity index (χ0) is 35.3. The number of hydrogen-bond acceptors (Lipinski definition) is 5. The normalized spacial score (nSPS) is 13.2. The zero-order valence-electron chi connectivity index (χ0n) is 29.1. The van der Waals surface area contributed by atoms with Gasteiger partial charge in [-0.1, -0.05) is 122 Å². The molecule has 1 aliphatic heterocycles. The van der Waals surface area contributed by atoms with Crippen molar-refractivity contribution in [1.82, 2.24) is 15.0 Å². The first kappa shape index (κ1) is 30.0. The molecule has 7 aromatic carbocycles. The van der Waals surface area contributed by atoms with Crippen LogP contribution in [0.1, 0.15) is 0 Å². The highest BCUT2D eigenvalue weighted by Gasteiger charge is 2.40. The Hall–Kier alpha value is -6.63. The van der Waals surface area contributed by atoms with Crippen molar-refractivity contribution in [2.75, 3.05) is 0 Å². The van der Waals surface area contributed by atoms with Gasteiger partial charge in [-0.25, -0.2) is 15.0 Å². The van der Waals surface area contributed by atoms with Crippen molar-refractivity contribution in [3.8, 4) is 56.4 Å². The molecule has 3 aromatic heterocycles. The molecule has 0 N–H and O–H groups in total. The predicted molar refractivity (Wildman–Crippen MR) is 218 cm³/mol. The molecule has 53 heavy (non-hydrogen) atoms. The van der Waals surface area contributed by atoms with Crippen LogP contribution in [-0.2, 0) is 0 Å². The number of benzene rings is 7. The summed E-state index contributed by atoms with van der Waals surface area (Å²) < 4.78 is 13.0. The fraction of sp³-hybridized carbons (Fsp3) is 0.0426. The summed E-state index contributed by atoms with van der Waals surface area (Å²) in [5.41, 5.74) is 10.9. The van der Waals surface area contributed by atoms with E-state index in [0.717, 1.165) is 71.7 Å². The summed E-state index contributed by atoms with van der Waals surface area (Å²) >= 11 is 0. The number of nitrogens with zero attached hydrogens (tertiary/aromatic N) is 3. The van der Waals surface area contributed by atoms with Gasteiger partial charge in [-0.05, 0) is 69.5 Å². The van der Waals surface area contributed by atoms with E-state index in [1.165, 1.54) is 21.5 Å². The van der Waals surface area contributed by atoms with E-state index in [1.54, 1.807) is 0 Å². The Kier molecular flexibility index (Phi) is 6.34. The van der Waals surface area contributed by atoms with Crippen molar-refractivity contribution in [2.45, 2.75) is 13.1 Å². The number of fused-ring (bicyclic) bond motifs is 10. The van der Waals surface area contributed by atoms with E-state index in [2.05, 4.69) is 122 Å². The first-order valence-corrected chi connectivity index (χ1v) is 20.9. The SMILES string of the molecule is C[Si]1(C)c2ccccc2-c2c1cc(-c1nc(-c3cccc(-c4ccccc4)c3)nc(-c3ccc4oc5ccccc5c4c3)n1)c1c2oc2ccccc21. The van der Waals surface area contributed by atoms with Crippen LogP contribution in [-0.4, -0.2) is 23.0 Å². The monoisotopic (exact) mass is 697 g/mol. The molecule has 0 atom stereocenters. The average Bonchev–Trinajstić information content (AvgIpc) is 3.85. The number of aromatic nitrogens is 3. The third kappa shape index (κ3) is 4.52. The Labute approximate surface area is 306 Å². The lowest BCUT2D eigenvalue weighted by Gasteiger charge is -2.19. The lowest BCUT2D eigenvalue weighted by molar-refractivity contribution is 0.669. The molecule has 0 radical (unpaired) electrons. The molecule has 0 spiro atoms. The van der Waals surface area contributed by atoms with Crippen LogP contribution in [0.5, 0.6) is 0 Å². The standard InChI is InChI=1S/C47H31N3O2Si/c1-53(2)40-22-11-8-19-34(40)43-41(53)27-36(42-33-18-7-10-21-38(33)52-44(42)43)47-49-45(30-16-12-15-29(25-30)28-13-4-3-5-14-28)48-46(50-47)31-23-24-39-35(26-31)32-17-6-9-20-37(32)51-39/h3-27H,1-2H3. The van der Waals surface area contributed by atoms with Crippen molar-refractivity contribution in [1.29, 1.82) is 0 Å². The molecule has 10 aromatic rings. The maximum Gasteiger partial charge on any atom is 0.164 e. The maximum atomic E-state index is 6.82. The molecule has 0 amide bonds. The first-order valence-electron chi connectivity index (χ1n) is 17.9. The van der Waals surface area contributed by atoms with Crippen molar-refractivity contribution in [3.05, 3.63) is 152 Å². The summed E-state index contributed by atoms with van der Waals surface area (Å²) in [7, 11) is -2.10. The smallest absolute Gasteiger partial charge is 0.164 e. The van der Waals surface area contributed by atoms with E-state index < -0.39 is 8.07 Å². The molecule has 5 nitrogen and oxygen atoms in total. The van der Waals surface area contributed by atoms with Crippen LogP contribution in [0, 0.1) is 0 Å². The maximum absolute atomic E-state index is 6.82. The van der Waals surface area contributed by atoms with Crippen LogP contribution in [0.3, 0.4) is 0 Å². The molecule has 0 saturated heterocycles. The predicted octanol–water partition coefficient (Wildman–Crippen LogP) is 11.1. The molecular weight excluding hydrogens is 667 g/mol. The second-order valence-electron chi connectivity index (χ2n) is 14.4. The van der Waals surface area contributed by atoms with E-state index in [4.69, 9.17) is 23.8 Å². The van der Waals surface area contributed by atoms with Gasteiger partial charge in [0.2, 0.25) is 0 Å². The van der Waals surface area contributed by atoms with Gasteiger partial charge in [0.1, 0.15) is 30.4 Å². The Bertz CT molecular complexity index is 3110. The van der Waals surface area contributed by atoms with Crippen LogP contribution < -0.4 is 10.4 Å². The fourth-order valence-corrected chi connectivity index (χ4v) is 11.4. The van der Waals surface area contributed by atoms with Crippen LogP contribution in [0.15, 0.2) is 160 Å². The average molecular weight is 698 g/mol. The number of para-hydroxylation sites is 2. The van der Waals surface area contributed by atoms with Gasteiger partial charge in [0.05, 0.1) is 0 Å². The molecule has 1 aliphatic rings. The van der Waals surface area contributed by atoms with Gasteiger partial charge >= 0.3 is 0 Å². The topological polar surface area (TPSA) is 65.0 Å². The molecule has 0 aliphatic carbocycles. The van der Waals surface area contributed by atoms with Gasteiger partial charge < -0.3 is 8.83 Å². The van der Waals surface area contributed by atoms with Crippen LogP contribution in [0.4, 0.5) is 0 Å². The van der Waals surface area contributed by atoms with Gasteiger partial charge in [0.25, 0.3) is 0 Å².